The molecule has 1 aliphatic carbocycles. The van der Waals surface area contributed by atoms with Crippen molar-refractivity contribution in [3.05, 3.63) is 12.5 Å². The minimum Gasteiger partial charge on any atom is -0.335 e. The van der Waals surface area contributed by atoms with Crippen LogP contribution in [0.1, 0.15) is 52.9 Å². The van der Waals surface area contributed by atoms with E-state index in [4.69, 9.17) is 0 Å². The molecule has 0 saturated heterocycles. The number of H-pyrrole nitrogens is 1. The minimum absolute atomic E-state index is 0.0483. The molecule has 0 aliphatic heterocycles. The van der Waals surface area contributed by atoms with Gasteiger partial charge in [0, 0.05) is 6.04 Å². The summed E-state index contributed by atoms with van der Waals surface area (Å²) in [6, 6.07) is 0.0483. The van der Waals surface area contributed by atoms with Crippen LogP contribution >= 0.6 is 0 Å². The third kappa shape index (κ3) is 3.41. The monoisotopic (exact) mass is 299 g/mol. The average Bonchev–Trinajstić information content (AvgIpc) is 2.93. The molecule has 114 valence electrons. The van der Waals surface area contributed by atoms with E-state index in [0.29, 0.717) is 11.3 Å². The van der Waals surface area contributed by atoms with Gasteiger partial charge in [-0.1, -0.05) is 27.2 Å². The molecule has 2 rings (SSSR count). The number of sulfonamides is 1. The Balaban J connectivity index is 1.92. The first-order valence-electron chi connectivity index (χ1n) is 7.36. The van der Waals surface area contributed by atoms with Gasteiger partial charge in [-0.2, -0.15) is 0 Å². The van der Waals surface area contributed by atoms with Crippen molar-refractivity contribution in [1.82, 2.24) is 14.7 Å². The van der Waals surface area contributed by atoms with Gasteiger partial charge in [0.25, 0.3) is 10.0 Å². The number of aromatic nitrogens is 2. The Morgan fingerprint density at radius 3 is 2.50 bits per heavy atom. The summed E-state index contributed by atoms with van der Waals surface area (Å²) >= 11 is 0. The Bertz CT molecular complexity index is 515. The Morgan fingerprint density at radius 1 is 1.35 bits per heavy atom. The number of nitrogens with zero attached hydrogens (tertiary/aromatic N) is 1. The molecule has 0 spiro atoms. The van der Waals surface area contributed by atoms with Crippen molar-refractivity contribution >= 4 is 10.0 Å². The maximum Gasteiger partial charge on any atom is 0.257 e. The van der Waals surface area contributed by atoms with Crippen LogP contribution in [0.4, 0.5) is 0 Å². The molecule has 5 nitrogen and oxygen atoms in total. The predicted octanol–water partition coefficient (Wildman–Crippen LogP) is 2.68. The smallest absolute Gasteiger partial charge is 0.257 e. The van der Waals surface area contributed by atoms with Crippen LogP contribution in [0.15, 0.2) is 17.6 Å². The number of imidazole rings is 1. The van der Waals surface area contributed by atoms with Crippen molar-refractivity contribution < 1.29 is 8.42 Å². The number of aromatic amines is 1. The van der Waals surface area contributed by atoms with E-state index < -0.39 is 10.0 Å². The van der Waals surface area contributed by atoms with Crippen molar-refractivity contribution in [1.29, 1.82) is 0 Å². The third-order valence-corrected chi connectivity index (χ3v) is 6.27. The molecule has 1 aromatic heterocycles. The van der Waals surface area contributed by atoms with Gasteiger partial charge in [-0.15, -0.1) is 0 Å². The van der Waals surface area contributed by atoms with Gasteiger partial charge in [0.15, 0.2) is 5.03 Å². The topological polar surface area (TPSA) is 74.8 Å². The molecule has 2 N–H and O–H groups in total. The van der Waals surface area contributed by atoms with Gasteiger partial charge < -0.3 is 4.98 Å². The first-order chi connectivity index (χ1) is 9.35. The second-order valence-corrected chi connectivity index (χ2v) is 8.11. The van der Waals surface area contributed by atoms with Gasteiger partial charge in [0.1, 0.15) is 0 Å². The number of rotatable bonds is 5. The van der Waals surface area contributed by atoms with Crippen LogP contribution in [0.5, 0.6) is 0 Å². The highest BCUT2D eigenvalue weighted by molar-refractivity contribution is 7.89. The lowest BCUT2D eigenvalue weighted by atomic mass is 9.69. The van der Waals surface area contributed by atoms with E-state index >= 15 is 0 Å². The molecule has 6 heteroatoms. The van der Waals surface area contributed by atoms with E-state index in [1.807, 2.05) is 0 Å². The third-order valence-electron chi connectivity index (χ3n) is 4.83. The molecular formula is C14H25N3O2S. The Kier molecular flexibility index (Phi) is 4.54. The summed E-state index contributed by atoms with van der Waals surface area (Å²) in [5.41, 5.74) is 0.354. The van der Waals surface area contributed by atoms with E-state index in [-0.39, 0.29) is 11.1 Å². The van der Waals surface area contributed by atoms with Crippen molar-refractivity contribution in [2.45, 2.75) is 63.9 Å². The van der Waals surface area contributed by atoms with E-state index in [2.05, 4.69) is 35.5 Å². The van der Waals surface area contributed by atoms with Gasteiger partial charge in [0.2, 0.25) is 0 Å². The van der Waals surface area contributed by atoms with Gasteiger partial charge in [0.05, 0.1) is 12.5 Å². The zero-order valence-electron chi connectivity index (χ0n) is 12.5. The first-order valence-corrected chi connectivity index (χ1v) is 8.84. The second kappa shape index (κ2) is 5.85. The van der Waals surface area contributed by atoms with Crippen molar-refractivity contribution in [2.75, 3.05) is 0 Å². The fraction of sp³-hybridized carbons (Fsp3) is 0.786. The Labute approximate surface area is 121 Å². The zero-order valence-corrected chi connectivity index (χ0v) is 13.3. The lowest BCUT2D eigenvalue weighted by Gasteiger charge is -2.38. The van der Waals surface area contributed by atoms with Crippen LogP contribution < -0.4 is 4.72 Å². The molecule has 0 amide bonds. The van der Waals surface area contributed by atoms with Gasteiger partial charge in [-0.05, 0) is 37.0 Å². The number of nitrogens with one attached hydrogen (secondary N) is 2. The second-order valence-electron chi connectivity index (χ2n) is 6.43. The normalized spacial score (nSPS) is 24.8. The molecule has 1 fully saturated rings. The molecule has 0 radical (unpaired) electrons. The van der Waals surface area contributed by atoms with Crippen LogP contribution in [0.2, 0.25) is 0 Å². The molecule has 0 atom stereocenters. The maximum absolute atomic E-state index is 12.1. The zero-order chi connectivity index (χ0) is 14.8. The van der Waals surface area contributed by atoms with Crippen LogP contribution in [0.3, 0.4) is 0 Å². The maximum atomic E-state index is 12.1. The average molecular weight is 299 g/mol. The van der Waals surface area contributed by atoms with Crippen LogP contribution in [0, 0.1) is 11.3 Å². The molecule has 0 unspecified atom stereocenters. The predicted molar refractivity (Wildman–Crippen MR) is 78.7 cm³/mol. The quantitative estimate of drug-likeness (QED) is 0.877. The van der Waals surface area contributed by atoms with E-state index in [1.165, 1.54) is 18.9 Å². The SMILES string of the molecule is CCC(C)(C)C1CCC(NS(=O)(=O)c2cnc[nH]2)CC1. The first kappa shape index (κ1) is 15.5. The minimum atomic E-state index is -3.44. The highest BCUT2D eigenvalue weighted by Gasteiger charge is 2.33. The molecule has 1 saturated carbocycles. The summed E-state index contributed by atoms with van der Waals surface area (Å²) in [6.45, 7) is 6.85. The van der Waals surface area contributed by atoms with Crippen molar-refractivity contribution in [3.8, 4) is 0 Å². The lowest BCUT2D eigenvalue weighted by molar-refractivity contribution is 0.142. The summed E-state index contributed by atoms with van der Waals surface area (Å²) in [7, 11) is -3.44. The molecule has 1 aliphatic rings. The van der Waals surface area contributed by atoms with Crippen molar-refractivity contribution in [2.24, 2.45) is 11.3 Å². The van der Waals surface area contributed by atoms with Gasteiger partial charge >= 0.3 is 0 Å². The summed E-state index contributed by atoms with van der Waals surface area (Å²) in [5, 5.41) is 0.147. The fourth-order valence-electron chi connectivity index (χ4n) is 2.95. The Hall–Kier alpha value is -0.880. The fourth-order valence-corrected chi connectivity index (χ4v) is 4.16. The Morgan fingerprint density at radius 2 is 2.00 bits per heavy atom. The number of hydrogen-bond donors (Lipinski definition) is 2. The largest absolute Gasteiger partial charge is 0.335 e. The van der Waals surface area contributed by atoms with Crippen LogP contribution in [-0.2, 0) is 10.0 Å². The van der Waals surface area contributed by atoms with E-state index in [9.17, 15) is 8.42 Å². The molecule has 1 heterocycles. The molecule has 0 bridgehead atoms. The summed E-state index contributed by atoms with van der Waals surface area (Å²) in [5.74, 6) is 0.695. The molecule has 1 aromatic rings. The molecule has 0 aromatic carbocycles. The highest BCUT2D eigenvalue weighted by atomic mass is 32.2. The van der Waals surface area contributed by atoms with Crippen LogP contribution in [0.25, 0.3) is 0 Å². The van der Waals surface area contributed by atoms with E-state index in [1.54, 1.807) is 0 Å². The van der Waals surface area contributed by atoms with E-state index in [0.717, 1.165) is 25.7 Å². The number of hydrogen-bond acceptors (Lipinski definition) is 3. The molecular weight excluding hydrogens is 274 g/mol. The summed E-state index contributed by atoms with van der Waals surface area (Å²) < 4.78 is 27.0. The molecule has 20 heavy (non-hydrogen) atoms. The van der Waals surface area contributed by atoms with Crippen molar-refractivity contribution in [3.63, 3.8) is 0 Å². The van der Waals surface area contributed by atoms with Gasteiger partial charge in [-0.3, -0.25) is 0 Å². The standard InChI is InChI=1S/C14H25N3O2S/c1-4-14(2,3)11-5-7-12(8-6-11)17-20(18,19)13-9-15-10-16-13/h9-12,17H,4-8H2,1-3H3,(H,15,16). The summed E-state index contributed by atoms with van der Waals surface area (Å²) in [4.78, 5) is 6.41. The van der Waals surface area contributed by atoms with Gasteiger partial charge in [-0.25, -0.2) is 18.1 Å². The van der Waals surface area contributed by atoms with Crippen LogP contribution in [-0.4, -0.2) is 24.4 Å². The highest BCUT2D eigenvalue weighted by Crippen LogP contribution is 2.40. The summed E-state index contributed by atoms with van der Waals surface area (Å²) in [6.07, 6.45) is 7.92. The lowest BCUT2D eigenvalue weighted by Crippen LogP contribution is -2.39.